The van der Waals surface area contributed by atoms with Gasteiger partial charge in [-0.15, -0.1) is 0 Å². The number of halogens is 1. The molecule has 2 rings (SSSR count). The number of benzene rings is 1. The molecule has 16 heavy (non-hydrogen) atoms. The molecule has 88 valence electrons. The van der Waals surface area contributed by atoms with Crippen LogP contribution in [-0.2, 0) is 6.42 Å². The summed E-state index contributed by atoms with van der Waals surface area (Å²) in [5.41, 5.74) is 1.13. The Kier molecular flexibility index (Phi) is 2.88. The van der Waals surface area contributed by atoms with Crippen LogP contribution in [0.3, 0.4) is 0 Å². The maximum absolute atomic E-state index is 10.1. The number of phenols is 1. The number of hydrogen-bond donors (Lipinski definition) is 2. The van der Waals surface area contributed by atoms with Crippen molar-refractivity contribution in [3.8, 4) is 11.5 Å². The van der Waals surface area contributed by atoms with Crippen LogP contribution >= 0.6 is 15.9 Å². The summed E-state index contributed by atoms with van der Waals surface area (Å²) in [6.45, 7) is 1.92. The smallest absolute Gasteiger partial charge is 0.174 e. The van der Waals surface area contributed by atoms with Crippen LogP contribution in [0.5, 0.6) is 11.5 Å². The van der Waals surface area contributed by atoms with Gasteiger partial charge in [0.1, 0.15) is 0 Å². The van der Waals surface area contributed by atoms with Crippen molar-refractivity contribution in [3.63, 3.8) is 0 Å². The molecule has 3 nitrogen and oxygen atoms in total. The molecule has 0 heterocycles. The fourth-order valence-corrected chi connectivity index (χ4v) is 2.54. The summed E-state index contributed by atoms with van der Waals surface area (Å²) in [5, 5.41) is 20.0. The van der Waals surface area contributed by atoms with E-state index < -0.39 is 5.60 Å². The number of hydrogen-bond acceptors (Lipinski definition) is 3. The van der Waals surface area contributed by atoms with Crippen molar-refractivity contribution >= 4 is 15.9 Å². The quantitative estimate of drug-likeness (QED) is 0.898. The Morgan fingerprint density at radius 1 is 1.50 bits per heavy atom. The zero-order valence-corrected chi connectivity index (χ0v) is 11.0. The van der Waals surface area contributed by atoms with Gasteiger partial charge in [0.25, 0.3) is 0 Å². The van der Waals surface area contributed by atoms with Crippen molar-refractivity contribution in [1.29, 1.82) is 0 Å². The van der Waals surface area contributed by atoms with Crippen LogP contribution < -0.4 is 4.74 Å². The van der Waals surface area contributed by atoms with Crippen LogP contribution in [0, 0.1) is 6.92 Å². The molecule has 0 aliphatic heterocycles. The minimum Gasteiger partial charge on any atom is -0.504 e. The van der Waals surface area contributed by atoms with Gasteiger partial charge in [0.15, 0.2) is 11.5 Å². The predicted molar refractivity (Wildman–Crippen MR) is 65.0 cm³/mol. The Morgan fingerprint density at radius 3 is 2.62 bits per heavy atom. The molecular formula is C12H15BrO3. The zero-order valence-electron chi connectivity index (χ0n) is 9.38. The molecule has 1 aliphatic rings. The molecule has 1 aromatic rings. The van der Waals surface area contributed by atoms with Gasteiger partial charge in [-0.05, 0) is 47.3 Å². The second-order valence-corrected chi connectivity index (χ2v) is 5.29. The number of aryl methyl sites for hydroxylation is 1. The summed E-state index contributed by atoms with van der Waals surface area (Å²) in [6.07, 6.45) is 2.11. The van der Waals surface area contributed by atoms with Crippen molar-refractivity contribution in [2.45, 2.75) is 31.8 Å². The van der Waals surface area contributed by atoms with E-state index in [1.807, 2.05) is 13.0 Å². The average Bonchev–Trinajstić information content (AvgIpc) is 2.92. The number of methoxy groups -OCH3 is 1. The fourth-order valence-electron chi connectivity index (χ4n) is 1.85. The third-order valence-corrected chi connectivity index (χ3v) is 3.66. The average molecular weight is 287 g/mol. The van der Waals surface area contributed by atoms with Crippen molar-refractivity contribution in [3.05, 3.63) is 21.7 Å². The van der Waals surface area contributed by atoms with E-state index in [1.54, 1.807) is 0 Å². The molecule has 0 aromatic heterocycles. The highest BCUT2D eigenvalue weighted by Crippen LogP contribution is 2.45. The van der Waals surface area contributed by atoms with Gasteiger partial charge >= 0.3 is 0 Å². The van der Waals surface area contributed by atoms with E-state index in [4.69, 9.17) is 4.74 Å². The molecule has 0 unspecified atom stereocenters. The number of aromatic hydroxyl groups is 1. The predicted octanol–water partition coefficient (Wildman–Crippen LogP) is 2.54. The molecule has 4 heteroatoms. The fraction of sp³-hybridized carbons (Fsp3) is 0.500. The standard InChI is InChI=1S/C12H15BrO3/c1-7-5-9(13)11(16-2)10(14)8(7)6-12(15)3-4-12/h5,14-15H,3-4,6H2,1-2H3. The highest BCUT2D eigenvalue weighted by atomic mass is 79.9. The third kappa shape index (κ3) is 2.04. The van der Waals surface area contributed by atoms with Crippen LogP contribution in [0.1, 0.15) is 24.0 Å². The molecule has 0 spiro atoms. The Bertz CT molecular complexity index is 425. The second-order valence-electron chi connectivity index (χ2n) is 4.44. The van der Waals surface area contributed by atoms with Crippen molar-refractivity contribution in [1.82, 2.24) is 0 Å². The van der Waals surface area contributed by atoms with Crippen molar-refractivity contribution < 1.29 is 14.9 Å². The van der Waals surface area contributed by atoms with Gasteiger partial charge in [-0.2, -0.15) is 0 Å². The minimum absolute atomic E-state index is 0.134. The van der Waals surface area contributed by atoms with E-state index in [9.17, 15) is 10.2 Å². The van der Waals surface area contributed by atoms with Crippen LogP contribution in [0.4, 0.5) is 0 Å². The van der Waals surface area contributed by atoms with E-state index in [0.717, 1.165) is 28.4 Å². The lowest BCUT2D eigenvalue weighted by Crippen LogP contribution is -2.12. The van der Waals surface area contributed by atoms with E-state index in [-0.39, 0.29) is 5.75 Å². The first-order valence-electron chi connectivity index (χ1n) is 5.24. The molecular weight excluding hydrogens is 272 g/mol. The van der Waals surface area contributed by atoms with Gasteiger partial charge in [-0.25, -0.2) is 0 Å². The summed E-state index contributed by atoms with van der Waals surface area (Å²) in [4.78, 5) is 0. The van der Waals surface area contributed by atoms with Crippen LogP contribution in [-0.4, -0.2) is 22.9 Å². The van der Waals surface area contributed by atoms with Gasteiger partial charge in [0.05, 0.1) is 17.2 Å². The molecule has 0 radical (unpaired) electrons. The topological polar surface area (TPSA) is 49.7 Å². The number of aliphatic hydroxyl groups is 1. The number of rotatable bonds is 3. The monoisotopic (exact) mass is 286 g/mol. The molecule has 1 saturated carbocycles. The van der Waals surface area contributed by atoms with Gasteiger partial charge < -0.3 is 14.9 Å². The van der Waals surface area contributed by atoms with Gasteiger partial charge in [0, 0.05) is 12.0 Å². The highest BCUT2D eigenvalue weighted by Gasteiger charge is 2.41. The maximum Gasteiger partial charge on any atom is 0.174 e. The maximum atomic E-state index is 10.1. The first-order valence-corrected chi connectivity index (χ1v) is 6.03. The van der Waals surface area contributed by atoms with E-state index in [2.05, 4.69) is 15.9 Å². The SMILES string of the molecule is COc1c(Br)cc(C)c(CC2(O)CC2)c1O. The van der Waals surface area contributed by atoms with Crippen LogP contribution in [0.25, 0.3) is 0 Å². The van der Waals surface area contributed by atoms with Gasteiger partial charge in [-0.3, -0.25) is 0 Å². The molecule has 0 saturated heterocycles. The summed E-state index contributed by atoms with van der Waals surface area (Å²) < 4.78 is 5.86. The second kappa shape index (κ2) is 3.93. The largest absolute Gasteiger partial charge is 0.504 e. The molecule has 2 N–H and O–H groups in total. The van der Waals surface area contributed by atoms with Crippen molar-refractivity contribution in [2.24, 2.45) is 0 Å². The van der Waals surface area contributed by atoms with Crippen LogP contribution in [0.2, 0.25) is 0 Å². The first kappa shape index (κ1) is 11.7. The van der Waals surface area contributed by atoms with Gasteiger partial charge in [-0.1, -0.05) is 0 Å². The Labute approximate surface area is 103 Å². The summed E-state index contributed by atoms with van der Waals surface area (Å²) >= 11 is 3.34. The molecule has 0 amide bonds. The normalized spacial score (nSPS) is 17.2. The summed E-state index contributed by atoms with van der Waals surface area (Å²) in [5.74, 6) is 0.569. The minimum atomic E-state index is -0.610. The Balaban J connectivity index is 2.43. The molecule has 0 atom stereocenters. The number of ether oxygens (including phenoxy) is 1. The number of phenolic OH excluding ortho intramolecular Hbond substituents is 1. The lowest BCUT2D eigenvalue weighted by Gasteiger charge is -2.16. The highest BCUT2D eigenvalue weighted by molar-refractivity contribution is 9.10. The Hall–Kier alpha value is -0.740. The zero-order chi connectivity index (χ0) is 11.9. The van der Waals surface area contributed by atoms with Crippen LogP contribution in [0.15, 0.2) is 10.5 Å². The van der Waals surface area contributed by atoms with E-state index in [0.29, 0.717) is 12.2 Å². The first-order chi connectivity index (χ1) is 7.47. The summed E-state index contributed by atoms with van der Waals surface area (Å²) in [7, 11) is 1.52. The van der Waals surface area contributed by atoms with E-state index in [1.165, 1.54) is 7.11 Å². The summed E-state index contributed by atoms with van der Waals surface area (Å²) in [6, 6.07) is 1.90. The lowest BCUT2D eigenvalue weighted by atomic mass is 9.99. The Morgan fingerprint density at radius 2 is 2.12 bits per heavy atom. The lowest BCUT2D eigenvalue weighted by molar-refractivity contribution is 0.149. The third-order valence-electron chi connectivity index (χ3n) is 3.07. The molecule has 1 fully saturated rings. The molecule has 1 aromatic carbocycles. The van der Waals surface area contributed by atoms with E-state index >= 15 is 0 Å². The van der Waals surface area contributed by atoms with Gasteiger partial charge in [0.2, 0.25) is 0 Å². The molecule has 0 bridgehead atoms. The molecule has 1 aliphatic carbocycles. The van der Waals surface area contributed by atoms with Crippen molar-refractivity contribution in [2.75, 3.05) is 7.11 Å².